The van der Waals surface area contributed by atoms with Crippen molar-refractivity contribution in [2.24, 2.45) is 5.41 Å². The maximum absolute atomic E-state index is 12.1. The standard InChI is InChI=1S/C11H11Cl3O/c1-11(2,6-12)10(15)9-7(13)4-3-5-8(9)14/h3-5H,6H2,1-2H3. The molecule has 0 N–H and O–H groups in total. The molecule has 0 aliphatic carbocycles. The predicted octanol–water partition coefficient (Wildman–Crippen LogP) is 4.44. The molecule has 4 heteroatoms. The molecule has 1 rings (SSSR count). The Bertz CT molecular complexity index is 365. The molecule has 0 amide bonds. The predicted molar refractivity (Wildman–Crippen MR) is 65.3 cm³/mol. The summed E-state index contributed by atoms with van der Waals surface area (Å²) in [5, 5.41) is 0.733. The summed E-state index contributed by atoms with van der Waals surface area (Å²) in [5.41, 5.74) is -0.303. The van der Waals surface area contributed by atoms with Crippen LogP contribution in [0.3, 0.4) is 0 Å². The summed E-state index contributed by atoms with van der Waals surface area (Å²) in [4.78, 5) is 12.1. The minimum absolute atomic E-state index is 0.131. The molecule has 0 unspecified atom stereocenters. The van der Waals surface area contributed by atoms with E-state index in [1.807, 2.05) is 0 Å². The third-order valence-corrected chi connectivity index (χ3v) is 3.44. The summed E-state index contributed by atoms with van der Waals surface area (Å²) in [6.07, 6.45) is 0. The highest BCUT2D eigenvalue weighted by Crippen LogP contribution is 2.32. The summed E-state index contributed by atoms with van der Waals surface area (Å²) in [6, 6.07) is 4.99. The summed E-state index contributed by atoms with van der Waals surface area (Å²) in [5.74, 6) is 0.0982. The van der Waals surface area contributed by atoms with E-state index in [2.05, 4.69) is 0 Å². The Labute approximate surface area is 104 Å². The fourth-order valence-electron chi connectivity index (χ4n) is 1.11. The Hall–Kier alpha value is -0.240. The summed E-state index contributed by atoms with van der Waals surface area (Å²) >= 11 is 17.6. The van der Waals surface area contributed by atoms with E-state index in [9.17, 15) is 4.79 Å². The Morgan fingerprint density at radius 2 is 1.73 bits per heavy atom. The van der Waals surface area contributed by atoms with Gasteiger partial charge in [-0.3, -0.25) is 4.79 Å². The van der Waals surface area contributed by atoms with Gasteiger partial charge in [0.1, 0.15) is 0 Å². The lowest BCUT2D eigenvalue weighted by molar-refractivity contribution is 0.0862. The number of hydrogen-bond donors (Lipinski definition) is 0. The van der Waals surface area contributed by atoms with Crippen LogP contribution < -0.4 is 0 Å². The van der Waals surface area contributed by atoms with Gasteiger partial charge in [0.05, 0.1) is 15.6 Å². The quantitative estimate of drug-likeness (QED) is 0.583. The third-order valence-electron chi connectivity index (χ3n) is 2.14. The first-order valence-corrected chi connectivity index (χ1v) is 5.74. The van der Waals surface area contributed by atoms with Crippen LogP contribution in [0.25, 0.3) is 0 Å². The molecular weight excluding hydrogens is 254 g/mol. The van der Waals surface area contributed by atoms with Gasteiger partial charge in [0, 0.05) is 11.3 Å². The van der Waals surface area contributed by atoms with Crippen LogP contribution in [0.4, 0.5) is 0 Å². The van der Waals surface area contributed by atoms with Gasteiger partial charge in [-0.2, -0.15) is 0 Å². The largest absolute Gasteiger partial charge is 0.293 e. The number of Topliss-reactive ketones (excluding diaryl/α,β-unsaturated/α-hetero) is 1. The molecule has 82 valence electrons. The van der Waals surface area contributed by atoms with Crippen LogP contribution in [0.2, 0.25) is 10.0 Å². The van der Waals surface area contributed by atoms with Gasteiger partial charge in [-0.25, -0.2) is 0 Å². The van der Waals surface area contributed by atoms with E-state index < -0.39 is 5.41 Å². The van der Waals surface area contributed by atoms with Crippen molar-refractivity contribution in [1.29, 1.82) is 0 Å². The van der Waals surface area contributed by atoms with Crippen molar-refractivity contribution < 1.29 is 4.79 Å². The SMILES string of the molecule is CC(C)(CCl)C(=O)c1c(Cl)cccc1Cl. The van der Waals surface area contributed by atoms with Gasteiger partial charge in [-0.15, -0.1) is 11.6 Å². The molecule has 0 heterocycles. The molecule has 15 heavy (non-hydrogen) atoms. The van der Waals surface area contributed by atoms with Crippen molar-refractivity contribution in [2.45, 2.75) is 13.8 Å². The zero-order valence-electron chi connectivity index (χ0n) is 8.48. The molecule has 0 bridgehead atoms. The van der Waals surface area contributed by atoms with Crippen LogP contribution in [0.15, 0.2) is 18.2 Å². The van der Waals surface area contributed by atoms with Crippen LogP contribution in [-0.2, 0) is 0 Å². The smallest absolute Gasteiger partial charge is 0.172 e. The van der Waals surface area contributed by atoms with Gasteiger partial charge in [-0.1, -0.05) is 43.1 Å². The summed E-state index contributed by atoms with van der Waals surface area (Å²) in [7, 11) is 0. The maximum atomic E-state index is 12.1. The lowest BCUT2D eigenvalue weighted by Crippen LogP contribution is -2.26. The number of halogens is 3. The van der Waals surface area contributed by atoms with Gasteiger partial charge >= 0.3 is 0 Å². The van der Waals surface area contributed by atoms with Crippen molar-refractivity contribution in [1.82, 2.24) is 0 Å². The molecule has 0 aliphatic rings. The van der Waals surface area contributed by atoms with Gasteiger partial charge in [0.25, 0.3) is 0 Å². The molecule has 0 radical (unpaired) electrons. The van der Waals surface area contributed by atoms with Crippen LogP contribution >= 0.6 is 34.8 Å². The molecule has 1 nitrogen and oxygen atoms in total. The van der Waals surface area contributed by atoms with E-state index >= 15 is 0 Å². The van der Waals surface area contributed by atoms with Crippen LogP contribution in [0, 0.1) is 5.41 Å². The van der Waals surface area contributed by atoms with Crippen LogP contribution in [0.5, 0.6) is 0 Å². The second-order valence-corrected chi connectivity index (χ2v) is 5.02. The molecular formula is C11H11Cl3O. The van der Waals surface area contributed by atoms with E-state index in [0.717, 1.165) is 0 Å². The molecule has 0 aliphatic heterocycles. The van der Waals surface area contributed by atoms with Crippen LogP contribution in [-0.4, -0.2) is 11.7 Å². The highest BCUT2D eigenvalue weighted by Gasteiger charge is 2.30. The average Bonchev–Trinajstić information content (AvgIpc) is 2.17. The highest BCUT2D eigenvalue weighted by atomic mass is 35.5. The monoisotopic (exact) mass is 264 g/mol. The third kappa shape index (κ3) is 2.66. The Kier molecular flexibility index (Phi) is 4.05. The number of benzene rings is 1. The minimum atomic E-state index is -0.657. The number of hydrogen-bond acceptors (Lipinski definition) is 1. The molecule has 0 saturated heterocycles. The molecule has 0 fully saturated rings. The molecule has 1 aromatic carbocycles. The van der Waals surface area contributed by atoms with Gasteiger partial charge < -0.3 is 0 Å². The average molecular weight is 266 g/mol. The van der Waals surface area contributed by atoms with Crippen molar-refractivity contribution in [3.8, 4) is 0 Å². The number of ketones is 1. The first-order chi connectivity index (χ1) is 6.90. The first-order valence-electron chi connectivity index (χ1n) is 4.45. The lowest BCUT2D eigenvalue weighted by atomic mass is 9.86. The number of rotatable bonds is 3. The summed E-state index contributed by atoms with van der Waals surface area (Å²) in [6.45, 7) is 3.53. The minimum Gasteiger partial charge on any atom is -0.293 e. The second kappa shape index (κ2) is 4.73. The van der Waals surface area contributed by atoms with E-state index in [1.165, 1.54) is 0 Å². The van der Waals surface area contributed by atoms with Gasteiger partial charge in [-0.05, 0) is 12.1 Å². The van der Waals surface area contributed by atoms with Crippen molar-refractivity contribution in [3.05, 3.63) is 33.8 Å². The zero-order valence-corrected chi connectivity index (χ0v) is 10.7. The molecule has 0 saturated carbocycles. The Morgan fingerprint density at radius 1 is 1.27 bits per heavy atom. The molecule has 0 atom stereocenters. The Balaban J connectivity index is 3.23. The fourth-order valence-corrected chi connectivity index (χ4v) is 1.80. The number of carbonyl (C=O) groups is 1. The second-order valence-electron chi connectivity index (χ2n) is 3.94. The molecule has 0 aromatic heterocycles. The van der Waals surface area contributed by atoms with E-state index in [-0.39, 0.29) is 11.7 Å². The lowest BCUT2D eigenvalue weighted by Gasteiger charge is -2.20. The number of alkyl halides is 1. The van der Waals surface area contributed by atoms with Crippen molar-refractivity contribution in [2.75, 3.05) is 5.88 Å². The van der Waals surface area contributed by atoms with Crippen molar-refractivity contribution in [3.63, 3.8) is 0 Å². The fraction of sp³-hybridized carbons (Fsp3) is 0.364. The van der Waals surface area contributed by atoms with Crippen LogP contribution in [0.1, 0.15) is 24.2 Å². The zero-order chi connectivity index (χ0) is 11.6. The van der Waals surface area contributed by atoms with Gasteiger partial charge in [0.15, 0.2) is 5.78 Å². The van der Waals surface area contributed by atoms with Gasteiger partial charge in [0.2, 0.25) is 0 Å². The maximum Gasteiger partial charge on any atom is 0.172 e. The number of carbonyl (C=O) groups excluding carboxylic acids is 1. The normalized spacial score (nSPS) is 11.5. The first kappa shape index (κ1) is 12.8. The Morgan fingerprint density at radius 3 is 2.13 bits per heavy atom. The summed E-state index contributed by atoms with van der Waals surface area (Å²) < 4.78 is 0. The van der Waals surface area contributed by atoms with E-state index in [0.29, 0.717) is 15.6 Å². The molecule has 1 aromatic rings. The van der Waals surface area contributed by atoms with E-state index in [1.54, 1.807) is 32.0 Å². The van der Waals surface area contributed by atoms with Crippen molar-refractivity contribution >= 4 is 40.6 Å². The topological polar surface area (TPSA) is 17.1 Å². The molecule has 0 spiro atoms. The highest BCUT2D eigenvalue weighted by molar-refractivity contribution is 6.40. The van der Waals surface area contributed by atoms with E-state index in [4.69, 9.17) is 34.8 Å².